The molecule has 1 N–H and O–H groups in total. The third-order valence-corrected chi connectivity index (χ3v) is 5.01. The summed E-state index contributed by atoms with van der Waals surface area (Å²) in [5, 5.41) is 4.77. The van der Waals surface area contributed by atoms with E-state index in [1.807, 2.05) is 25.2 Å². The molecule has 2 aliphatic rings. The van der Waals surface area contributed by atoms with Crippen molar-refractivity contribution in [3.8, 4) is 11.5 Å². The number of halogens is 1. The molecular weight excluding hydrogens is 340 g/mol. The molecule has 2 aliphatic heterocycles. The molecule has 0 fully saturated rings. The van der Waals surface area contributed by atoms with Gasteiger partial charge in [0.1, 0.15) is 12.1 Å². The van der Waals surface area contributed by atoms with Crippen LogP contribution < -0.4 is 19.7 Å². The topological polar surface area (TPSA) is 59.5 Å². The molecule has 2 aromatic carbocycles. The molecule has 6 nitrogen and oxygen atoms in total. The predicted octanol–water partition coefficient (Wildman–Crippen LogP) is 3.75. The van der Waals surface area contributed by atoms with Crippen molar-refractivity contribution in [3.63, 3.8) is 0 Å². The summed E-state index contributed by atoms with van der Waals surface area (Å²) >= 11 is 6.40. The van der Waals surface area contributed by atoms with Crippen molar-refractivity contribution in [2.24, 2.45) is 0 Å². The molecular formula is C18H15ClN4O2. The number of aromatic nitrogens is 2. The number of ether oxygens (including phenoxy) is 2. The molecule has 5 rings (SSSR count). The fraction of sp³-hybridized carbons (Fsp3) is 0.222. The van der Waals surface area contributed by atoms with Crippen molar-refractivity contribution in [2.45, 2.75) is 6.42 Å². The van der Waals surface area contributed by atoms with Crippen molar-refractivity contribution in [2.75, 3.05) is 30.6 Å². The molecule has 3 aromatic rings. The van der Waals surface area contributed by atoms with Crippen LogP contribution in [0.15, 0.2) is 30.6 Å². The Balaban J connectivity index is 1.67. The minimum Gasteiger partial charge on any atom is -0.454 e. The number of nitrogens with zero attached hydrogens (tertiary/aromatic N) is 3. The second-order valence-electron chi connectivity index (χ2n) is 6.03. The highest BCUT2D eigenvalue weighted by Crippen LogP contribution is 2.43. The Bertz CT molecular complexity index is 1010. The maximum absolute atomic E-state index is 6.40. The van der Waals surface area contributed by atoms with Gasteiger partial charge in [0.15, 0.2) is 11.5 Å². The average Bonchev–Trinajstić information content (AvgIpc) is 3.24. The standard InChI is InChI=1S/C18H15ClN4O2/c1-20-14-4-10-2-3-23(15(10)6-12(14)19)18-11-5-16-17(25-9-24-16)7-13(11)21-8-22-18/h4-8,20H,2-3,9H2,1H3. The third kappa shape index (κ3) is 2.17. The lowest BCUT2D eigenvalue weighted by Gasteiger charge is -2.20. The van der Waals surface area contributed by atoms with E-state index in [0.717, 1.165) is 52.6 Å². The van der Waals surface area contributed by atoms with Crippen LogP contribution in [0.2, 0.25) is 5.02 Å². The van der Waals surface area contributed by atoms with Crippen LogP contribution in [0.5, 0.6) is 11.5 Å². The van der Waals surface area contributed by atoms with Gasteiger partial charge in [-0.15, -0.1) is 0 Å². The molecule has 3 heterocycles. The highest BCUT2D eigenvalue weighted by Gasteiger charge is 2.26. The van der Waals surface area contributed by atoms with Gasteiger partial charge in [0.25, 0.3) is 0 Å². The Morgan fingerprint density at radius 2 is 1.96 bits per heavy atom. The number of rotatable bonds is 2. The monoisotopic (exact) mass is 354 g/mol. The van der Waals surface area contributed by atoms with Gasteiger partial charge in [-0.2, -0.15) is 0 Å². The van der Waals surface area contributed by atoms with Gasteiger partial charge in [0.2, 0.25) is 6.79 Å². The van der Waals surface area contributed by atoms with Crippen molar-refractivity contribution >= 4 is 39.7 Å². The van der Waals surface area contributed by atoms with Gasteiger partial charge in [-0.3, -0.25) is 0 Å². The van der Waals surface area contributed by atoms with E-state index in [9.17, 15) is 0 Å². The van der Waals surface area contributed by atoms with Gasteiger partial charge in [-0.05, 0) is 30.2 Å². The maximum atomic E-state index is 6.40. The molecule has 0 radical (unpaired) electrons. The van der Waals surface area contributed by atoms with E-state index in [2.05, 4.69) is 26.3 Å². The van der Waals surface area contributed by atoms with Crippen LogP contribution in [0.25, 0.3) is 10.9 Å². The molecule has 7 heteroatoms. The summed E-state index contributed by atoms with van der Waals surface area (Å²) in [5.41, 5.74) is 4.11. The molecule has 0 bridgehead atoms. The SMILES string of the molecule is CNc1cc2c(cc1Cl)N(c1ncnc3cc4c(cc13)OCO4)CC2. The molecule has 0 spiro atoms. The van der Waals surface area contributed by atoms with Crippen molar-refractivity contribution in [1.82, 2.24) is 9.97 Å². The minimum atomic E-state index is 0.239. The first kappa shape index (κ1) is 14.6. The number of nitrogens with one attached hydrogen (secondary N) is 1. The highest BCUT2D eigenvalue weighted by atomic mass is 35.5. The van der Waals surface area contributed by atoms with Crippen LogP contribution in [0.3, 0.4) is 0 Å². The predicted molar refractivity (Wildman–Crippen MR) is 97.4 cm³/mol. The van der Waals surface area contributed by atoms with E-state index in [0.29, 0.717) is 5.02 Å². The lowest BCUT2D eigenvalue weighted by Crippen LogP contribution is -2.15. The first-order valence-corrected chi connectivity index (χ1v) is 8.44. The number of hydrogen-bond acceptors (Lipinski definition) is 6. The Morgan fingerprint density at radius 3 is 2.80 bits per heavy atom. The Labute approximate surface area is 149 Å². The molecule has 0 saturated heterocycles. The largest absolute Gasteiger partial charge is 0.454 e. The van der Waals surface area contributed by atoms with Crippen molar-refractivity contribution in [1.29, 1.82) is 0 Å². The third-order valence-electron chi connectivity index (χ3n) is 4.70. The Morgan fingerprint density at radius 1 is 1.12 bits per heavy atom. The van der Waals surface area contributed by atoms with Gasteiger partial charge in [0, 0.05) is 30.7 Å². The summed E-state index contributed by atoms with van der Waals surface area (Å²) in [6.45, 7) is 1.09. The summed E-state index contributed by atoms with van der Waals surface area (Å²) in [6.07, 6.45) is 2.53. The minimum absolute atomic E-state index is 0.239. The van der Waals surface area contributed by atoms with E-state index in [4.69, 9.17) is 21.1 Å². The highest BCUT2D eigenvalue weighted by molar-refractivity contribution is 6.33. The van der Waals surface area contributed by atoms with Crippen molar-refractivity contribution in [3.05, 3.63) is 41.2 Å². The first-order chi connectivity index (χ1) is 12.2. The zero-order chi connectivity index (χ0) is 17.0. The number of fused-ring (bicyclic) bond motifs is 3. The van der Waals surface area contributed by atoms with Crippen LogP contribution in [0.4, 0.5) is 17.2 Å². The van der Waals surface area contributed by atoms with Gasteiger partial charge in [-0.1, -0.05) is 11.6 Å². The lowest BCUT2D eigenvalue weighted by atomic mass is 10.1. The van der Waals surface area contributed by atoms with Gasteiger partial charge in [-0.25, -0.2) is 9.97 Å². The van der Waals surface area contributed by atoms with Crippen LogP contribution in [-0.2, 0) is 6.42 Å². The summed E-state index contributed by atoms with van der Waals surface area (Å²) in [4.78, 5) is 11.1. The van der Waals surface area contributed by atoms with Crippen LogP contribution >= 0.6 is 11.6 Å². The quantitative estimate of drug-likeness (QED) is 0.756. The second-order valence-corrected chi connectivity index (χ2v) is 6.44. The van der Waals surface area contributed by atoms with E-state index in [1.165, 1.54) is 5.56 Å². The fourth-order valence-corrected chi connectivity index (χ4v) is 3.72. The van der Waals surface area contributed by atoms with Gasteiger partial charge in [0.05, 0.1) is 16.2 Å². The maximum Gasteiger partial charge on any atom is 0.231 e. The van der Waals surface area contributed by atoms with E-state index < -0.39 is 0 Å². The van der Waals surface area contributed by atoms with Crippen molar-refractivity contribution < 1.29 is 9.47 Å². The zero-order valence-corrected chi connectivity index (χ0v) is 14.3. The summed E-state index contributed by atoms with van der Waals surface area (Å²) in [7, 11) is 1.88. The Kier molecular flexibility index (Phi) is 3.15. The number of hydrogen-bond donors (Lipinski definition) is 1. The van der Waals surface area contributed by atoms with Gasteiger partial charge < -0.3 is 19.7 Å². The molecule has 25 heavy (non-hydrogen) atoms. The fourth-order valence-electron chi connectivity index (χ4n) is 3.47. The van der Waals surface area contributed by atoms with E-state index >= 15 is 0 Å². The van der Waals surface area contributed by atoms with Gasteiger partial charge >= 0.3 is 0 Å². The zero-order valence-electron chi connectivity index (χ0n) is 13.5. The summed E-state index contributed by atoms with van der Waals surface area (Å²) in [5.74, 6) is 2.31. The average molecular weight is 355 g/mol. The molecule has 126 valence electrons. The van der Waals surface area contributed by atoms with Crippen LogP contribution in [-0.4, -0.2) is 30.4 Å². The van der Waals surface area contributed by atoms with E-state index in [1.54, 1.807) is 6.33 Å². The molecule has 0 atom stereocenters. The lowest BCUT2D eigenvalue weighted by molar-refractivity contribution is 0.174. The number of anilines is 3. The van der Waals surface area contributed by atoms with E-state index in [-0.39, 0.29) is 6.79 Å². The normalized spacial score (nSPS) is 14.9. The second kappa shape index (κ2) is 5.39. The number of benzene rings is 2. The first-order valence-electron chi connectivity index (χ1n) is 8.06. The van der Waals surface area contributed by atoms with Crippen LogP contribution in [0.1, 0.15) is 5.56 Å². The molecule has 1 aromatic heterocycles. The summed E-state index contributed by atoms with van der Waals surface area (Å²) in [6, 6.07) is 7.96. The summed E-state index contributed by atoms with van der Waals surface area (Å²) < 4.78 is 11.0. The molecule has 0 unspecified atom stereocenters. The molecule has 0 amide bonds. The molecule has 0 saturated carbocycles. The smallest absolute Gasteiger partial charge is 0.231 e. The van der Waals surface area contributed by atoms with Crippen LogP contribution in [0, 0.1) is 0 Å². The molecule has 0 aliphatic carbocycles. The Hall–Kier alpha value is -2.73.